The Balaban J connectivity index is 1.47. The first-order valence-corrected chi connectivity index (χ1v) is 8.36. The minimum Gasteiger partial charge on any atom is -0.376 e. The van der Waals surface area contributed by atoms with E-state index in [1.54, 1.807) is 24.3 Å². The quantitative estimate of drug-likeness (QED) is 0.779. The molecule has 1 aliphatic heterocycles. The van der Waals surface area contributed by atoms with Gasteiger partial charge < -0.3 is 15.4 Å². The van der Waals surface area contributed by atoms with Crippen molar-refractivity contribution >= 4 is 23.3 Å². The molecule has 1 heterocycles. The lowest BCUT2D eigenvalue weighted by molar-refractivity contribution is -0.125. The van der Waals surface area contributed by atoms with Gasteiger partial charge >= 0.3 is 0 Å². The monoisotopic (exact) mass is 330 g/mol. The van der Waals surface area contributed by atoms with Gasteiger partial charge in [0.1, 0.15) is 0 Å². The average Bonchev–Trinajstić information content (AvgIpc) is 3.21. The van der Waals surface area contributed by atoms with Crippen LogP contribution in [0, 0.1) is 11.8 Å². The molecule has 3 atom stereocenters. The van der Waals surface area contributed by atoms with Crippen LogP contribution in [0.25, 0.3) is 0 Å². The van der Waals surface area contributed by atoms with Crippen molar-refractivity contribution in [3.8, 4) is 0 Å². The first-order valence-electron chi connectivity index (χ1n) is 8.36. The van der Waals surface area contributed by atoms with Crippen molar-refractivity contribution in [1.29, 1.82) is 0 Å². The summed E-state index contributed by atoms with van der Waals surface area (Å²) in [5, 5.41) is 5.66. The summed E-state index contributed by atoms with van der Waals surface area (Å²) in [5.74, 6) is -0.863. The van der Waals surface area contributed by atoms with Crippen molar-refractivity contribution in [3.05, 3.63) is 29.8 Å². The molecule has 1 aromatic rings. The lowest BCUT2D eigenvalue weighted by Gasteiger charge is -2.10. The second kappa shape index (κ2) is 7.13. The molecule has 1 aromatic carbocycles. The lowest BCUT2D eigenvalue weighted by Crippen LogP contribution is -2.33. The summed E-state index contributed by atoms with van der Waals surface area (Å²) in [5.41, 5.74) is 1.13. The Morgan fingerprint density at radius 2 is 2.00 bits per heavy atom. The van der Waals surface area contributed by atoms with Gasteiger partial charge in [0.25, 0.3) is 0 Å². The Hall–Kier alpha value is -2.21. The van der Waals surface area contributed by atoms with E-state index < -0.39 is 0 Å². The van der Waals surface area contributed by atoms with Crippen LogP contribution in [0.3, 0.4) is 0 Å². The minimum atomic E-state index is -0.296. The number of anilines is 1. The van der Waals surface area contributed by atoms with E-state index in [-0.39, 0.29) is 35.5 Å². The molecule has 3 unspecified atom stereocenters. The molecule has 1 saturated carbocycles. The molecule has 1 aliphatic carbocycles. The summed E-state index contributed by atoms with van der Waals surface area (Å²) < 4.78 is 5.47. The molecule has 2 fully saturated rings. The fourth-order valence-corrected chi connectivity index (χ4v) is 2.98. The van der Waals surface area contributed by atoms with Crippen LogP contribution in [0.4, 0.5) is 5.69 Å². The third kappa shape index (κ3) is 4.00. The maximum atomic E-state index is 12.2. The molecule has 0 radical (unpaired) electrons. The topological polar surface area (TPSA) is 84.5 Å². The average molecular weight is 330 g/mol. The summed E-state index contributed by atoms with van der Waals surface area (Å²) in [7, 11) is 0. The maximum Gasteiger partial charge on any atom is 0.228 e. The Morgan fingerprint density at radius 3 is 2.71 bits per heavy atom. The molecule has 1 saturated heterocycles. The second-order valence-corrected chi connectivity index (χ2v) is 6.46. The first-order chi connectivity index (χ1) is 11.5. The fourth-order valence-electron chi connectivity index (χ4n) is 2.98. The fraction of sp³-hybridized carbons (Fsp3) is 0.500. The highest BCUT2D eigenvalue weighted by Crippen LogP contribution is 2.39. The Morgan fingerprint density at radius 1 is 1.21 bits per heavy atom. The standard InChI is InChI=1S/C18H22N2O4/c1-11(21)12-4-2-5-13(8-12)20-18(23)16-9-15(16)17(22)19-10-14-6-3-7-24-14/h2,4-5,8,14-16H,3,6-7,9-10H2,1H3,(H,19,22)(H,20,23). The number of nitrogens with one attached hydrogen (secondary N) is 2. The number of benzene rings is 1. The molecule has 6 nitrogen and oxygen atoms in total. The van der Waals surface area contributed by atoms with E-state index in [1.807, 2.05) is 0 Å². The zero-order valence-corrected chi connectivity index (χ0v) is 13.7. The van der Waals surface area contributed by atoms with Gasteiger partial charge in [-0.2, -0.15) is 0 Å². The molecule has 0 bridgehead atoms. The van der Waals surface area contributed by atoms with Gasteiger partial charge in [0.05, 0.1) is 17.9 Å². The molecule has 3 rings (SSSR count). The molecule has 128 valence electrons. The highest BCUT2D eigenvalue weighted by atomic mass is 16.5. The molecule has 2 amide bonds. The number of rotatable bonds is 6. The largest absolute Gasteiger partial charge is 0.376 e. The normalized spacial score (nSPS) is 25.1. The molecule has 0 aromatic heterocycles. The van der Waals surface area contributed by atoms with E-state index in [4.69, 9.17) is 4.74 Å². The Bertz CT molecular complexity index is 652. The number of ether oxygens (including phenoxy) is 1. The van der Waals surface area contributed by atoms with E-state index in [0.29, 0.717) is 24.2 Å². The third-order valence-electron chi connectivity index (χ3n) is 4.53. The van der Waals surface area contributed by atoms with Crippen molar-refractivity contribution < 1.29 is 19.1 Å². The van der Waals surface area contributed by atoms with Crippen LogP contribution in [0.15, 0.2) is 24.3 Å². The van der Waals surface area contributed by atoms with Crippen LogP contribution in [0.5, 0.6) is 0 Å². The van der Waals surface area contributed by atoms with Crippen molar-refractivity contribution in [2.75, 3.05) is 18.5 Å². The summed E-state index contributed by atoms with van der Waals surface area (Å²) >= 11 is 0. The molecule has 6 heteroatoms. The number of ketones is 1. The maximum absolute atomic E-state index is 12.2. The number of hydrogen-bond donors (Lipinski definition) is 2. The first kappa shape index (κ1) is 16.6. The highest BCUT2D eigenvalue weighted by Gasteiger charge is 2.48. The third-order valence-corrected chi connectivity index (χ3v) is 4.53. The van der Waals surface area contributed by atoms with Crippen LogP contribution in [-0.4, -0.2) is 36.9 Å². The van der Waals surface area contributed by atoms with E-state index in [2.05, 4.69) is 10.6 Å². The molecule has 2 aliphatic rings. The SMILES string of the molecule is CC(=O)c1cccc(NC(=O)C2CC2C(=O)NCC2CCCO2)c1. The van der Waals surface area contributed by atoms with Crippen LogP contribution >= 0.6 is 0 Å². The molecule has 0 spiro atoms. The van der Waals surface area contributed by atoms with Gasteiger partial charge in [0.2, 0.25) is 11.8 Å². The summed E-state index contributed by atoms with van der Waals surface area (Å²) in [6.07, 6.45) is 2.68. The number of carbonyl (C=O) groups excluding carboxylic acids is 3. The van der Waals surface area contributed by atoms with Crippen LogP contribution in [0.1, 0.15) is 36.5 Å². The highest BCUT2D eigenvalue weighted by molar-refractivity contribution is 6.01. The lowest BCUT2D eigenvalue weighted by atomic mass is 10.1. The smallest absolute Gasteiger partial charge is 0.228 e. The molecular formula is C18H22N2O4. The summed E-state index contributed by atoms with van der Waals surface area (Å²) in [4.78, 5) is 35.7. The number of hydrogen-bond acceptors (Lipinski definition) is 4. The zero-order chi connectivity index (χ0) is 17.1. The van der Waals surface area contributed by atoms with Crippen LogP contribution in [-0.2, 0) is 14.3 Å². The Kier molecular flexibility index (Phi) is 4.94. The number of Topliss-reactive ketones (excluding diaryl/α,β-unsaturated/α-hetero) is 1. The van der Waals surface area contributed by atoms with Gasteiger partial charge in [-0.3, -0.25) is 14.4 Å². The second-order valence-electron chi connectivity index (χ2n) is 6.46. The molecule has 2 N–H and O–H groups in total. The van der Waals surface area contributed by atoms with Crippen LogP contribution < -0.4 is 10.6 Å². The van der Waals surface area contributed by atoms with E-state index in [0.717, 1.165) is 19.4 Å². The van der Waals surface area contributed by atoms with E-state index >= 15 is 0 Å². The number of carbonyl (C=O) groups is 3. The van der Waals surface area contributed by atoms with Gasteiger partial charge in [0, 0.05) is 24.4 Å². The van der Waals surface area contributed by atoms with Gasteiger partial charge in [-0.1, -0.05) is 12.1 Å². The van der Waals surface area contributed by atoms with Crippen molar-refractivity contribution in [1.82, 2.24) is 5.32 Å². The van der Waals surface area contributed by atoms with Gasteiger partial charge in [-0.05, 0) is 38.3 Å². The van der Waals surface area contributed by atoms with Crippen molar-refractivity contribution in [2.45, 2.75) is 32.3 Å². The number of amides is 2. The van der Waals surface area contributed by atoms with E-state index in [1.165, 1.54) is 6.92 Å². The van der Waals surface area contributed by atoms with E-state index in [9.17, 15) is 14.4 Å². The van der Waals surface area contributed by atoms with Crippen LogP contribution in [0.2, 0.25) is 0 Å². The van der Waals surface area contributed by atoms with Gasteiger partial charge in [0.15, 0.2) is 5.78 Å². The van der Waals surface area contributed by atoms with Crippen molar-refractivity contribution in [2.24, 2.45) is 11.8 Å². The zero-order valence-electron chi connectivity index (χ0n) is 13.7. The molecule has 24 heavy (non-hydrogen) atoms. The van der Waals surface area contributed by atoms with Gasteiger partial charge in [-0.15, -0.1) is 0 Å². The molecular weight excluding hydrogens is 308 g/mol. The predicted octanol–water partition coefficient (Wildman–Crippen LogP) is 1.76. The minimum absolute atomic E-state index is 0.0519. The van der Waals surface area contributed by atoms with Gasteiger partial charge in [-0.25, -0.2) is 0 Å². The predicted molar refractivity (Wildman–Crippen MR) is 88.7 cm³/mol. The summed E-state index contributed by atoms with van der Waals surface area (Å²) in [6.45, 7) is 2.76. The van der Waals surface area contributed by atoms with Crippen molar-refractivity contribution in [3.63, 3.8) is 0 Å². The summed E-state index contributed by atoms with van der Waals surface area (Å²) in [6, 6.07) is 6.82. The Labute approximate surface area is 140 Å².